The van der Waals surface area contributed by atoms with Crippen LogP contribution in [0.3, 0.4) is 0 Å². The van der Waals surface area contributed by atoms with Crippen molar-refractivity contribution in [3.05, 3.63) is 63.3 Å². The number of benzene rings is 1. The molecule has 0 saturated heterocycles. The molecule has 0 bridgehead atoms. The lowest BCUT2D eigenvalue weighted by Gasteiger charge is -2.11. The molecule has 3 aromatic heterocycles. The average Bonchev–Trinajstić information content (AvgIpc) is 3.28. The Balaban J connectivity index is 1.54. The van der Waals surface area contributed by atoms with E-state index < -0.39 is 24.0 Å². The molecule has 0 N–H and O–H groups in total. The van der Waals surface area contributed by atoms with E-state index in [2.05, 4.69) is 4.98 Å². The number of fused-ring (bicyclic) bond motifs is 2. The summed E-state index contributed by atoms with van der Waals surface area (Å²) in [6, 6.07) is 9.58. The second-order valence-electron chi connectivity index (χ2n) is 7.17. The lowest BCUT2D eigenvalue weighted by Crippen LogP contribution is -2.40. The van der Waals surface area contributed by atoms with E-state index in [4.69, 9.17) is 4.42 Å². The minimum absolute atomic E-state index is 0.0622. The molecular formula is C20H19F3N4O3. The summed E-state index contributed by atoms with van der Waals surface area (Å²) in [5.74, 6) is 0.801. The summed E-state index contributed by atoms with van der Waals surface area (Å²) in [6.07, 6.45) is -1.81. The predicted octanol–water partition coefficient (Wildman–Crippen LogP) is 3.23. The maximum Gasteiger partial charge on any atom is 0.406 e. The Hall–Kier alpha value is -3.30. The van der Waals surface area contributed by atoms with Gasteiger partial charge in [-0.25, -0.2) is 9.78 Å². The van der Waals surface area contributed by atoms with Gasteiger partial charge in [0.05, 0.1) is 6.33 Å². The van der Waals surface area contributed by atoms with Gasteiger partial charge in [0.1, 0.15) is 17.9 Å². The molecule has 4 rings (SSSR count). The molecular weight excluding hydrogens is 401 g/mol. The van der Waals surface area contributed by atoms with E-state index in [1.165, 1.54) is 7.05 Å². The zero-order valence-electron chi connectivity index (χ0n) is 16.1. The lowest BCUT2D eigenvalue weighted by molar-refractivity contribution is -0.140. The molecule has 10 heteroatoms. The number of alkyl halides is 3. The lowest BCUT2D eigenvalue weighted by atomic mass is 10.2. The third kappa shape index (κ3) is 3.77. The molecule has 4 aromatic rings. The van der Waals surface area contributed by atoms with Crippen molar-refractivity contribution >= 4 is 22.1 Å². The first kappa shape index (κ1) is 20.0. The normalized spacial score (nSPS) is 12.3. The van der Waals surface area contributed by atoms with Gasteiger partial charge in [0.25, 0.3) is 5.56 Å². The second-order valence-corrected chi connectivity index (χ2v) is 7.17. The summed E-state index contributed by atoms with van der Waals surface area (Å²) < 4.78 is 47.0. The molecule has 0 amide bonds. The molecule has 3 heterocycles. The molecule has 0 spiro atoms. The number of rotatable bonds is 6. The Morgan fingerprint density at radius 1 is 1.13 bits per heavy atom. The third-order valence-corrected chi connectivity index (χ3v) is 4.98. The first-order valence-corrected chi connectivity index (χ1v) is 9.43. The van der Waals surface area contributed by atoms with Crippen molar-refractivity contribution in [2.24, 2.45) is 7.05 Å². The smallest absolute Gasteiger partial charge is 0.406 e. The quantitative estimate of drug-likeness (QED) is 0.449. The van der Waals surface area contributed by atoms with Gasteiger partial charge in [0.2, 0.25) is 0 Å². The van der Waals surface area contributed by atoms with Gasteiger partial charge in [-0.3, -0.25) is 13.9 Å². The van der Waals surface area contributed by atoms with Crippen molar-refractivity contribution in [2.45, 2.75) is 38.5 Å². The molecule has 0 aliphatic heterocycles. The summed E-state index contributed by atoms with van der Waals surface area (Å²) in [7, 11) is 1.39. The van der Waals surface area contributed by atoms with E-state index in [1.807, 2.05) is 30.3 Å². The number of hydrogen-bond acceptors (Lipinski definition) is 4. The van der Waals surface area contributed by atoms with Gasteiger partial charge in [-0.05, 0) is 25.0 Å². The number of aryl methyl sites for hydroxylation is 2. The van der Waals surface area contributed by atoms with E-state index in [0.717, 1.165) is 36.8 Å². The molecule has 0 aliphatic carbocycles. The molecule has 7 nitrogen and oxygen atoms in total. The topological polar surface area (TPSA) is 75.0 Å². The van der Waals surface area contributed by atoms with Crippen LogP contribution in [0.25, 0.3) is 22.1 Å². The molecule has 1 aromatic carbocycles. The number of para-hydroxylation sites is 1. The summed E-state index contributed by atoms with van der Waals surface area (Å²) in [5.41, 5.74) is -0.868. The van der Waals surface area contributed by atoms with E-state index in [1.54, 1.807) is 0 Å². The number of furan rings is 1. The molecule has 0 saturated carbocycles. The Morgan fingerprint density at radius 3 is 2.63 bits per heavy atom. The number of halogens is 3. The number of nitrogens with zero attached hydrogens (tertiary/aromatic N) is 4. The Kier molecular flexibility index (Phi) is 5.00. The highest BCUT2D eigenvalue weighted by molar-refractivity contribution is 5.77. The van der Waals surface area contributed by atoms with Crippen LogP contribution in [0.15, 0.2) is 50.7 Å². The van der Waals surface area contributed by atoms with Crippen molar-refractivity contribution in [1.29, 1.82) is 0 Å². The largest absolute Gasteiger partial charge is 0.461 e. The van der Waals surface area contributed by atoms with E-state index in [0.29, 0.717) is 19.3 Å². The predicted molar refractivity (Wildman–Crippen MR) is 104 cm³/mol. The van der Waals surface area contributed by atoms with Gasteiger partial charge < -0.3 is 8.98 Å². The molecule has 158 valence electrons. The molecule has 0 fully saturated rings. The van der Waals surface area contributed by atoms with Crippen molar-refractivity contribution in [2.75, 3.05) is 0 Å². The van der Waals surface area contributed by atoms with Crippen LogP contribution in [0.5, 0.6) is 0 Å². The second kappa shape index (κ2) is 7.51. The summed E-state index contributed by atoms with van der Waals surface area (Å²) in [4.78, 5) is 29.1. The minimum atomic E-state index is -4.51. The van der Waals surface area contributed by atoms with E-state index in [-0.39, 0.29) is 17.7 Å². The van der Waals surface area contributed by atoms with Gasteiger partial charge >= 0.3 is 11.9 Å². The summed E-state index contributed by atoms with van der Waals surface area (Å²) >= 11 is 0. The van der Waals surface area contributed by atoms with Crippen molar-refractivity contribution in [3.63, 3.8) is 0 Å². The van der Waals surface area contributed by atoms with Crippen LogP contribution in [0.1, 0.15) is 18.6 Å². The average molecular weight is 420 g/mol. The molecule has 30 heavy (non-hydrogen) atoms. The highest BCUT2D eigenvalue weighted by Crippen LogP contribution is 2.21. The molecule has 0 unspecified atom stereocenters. The van der Waals surface area contributed by atoms with Crippen LogP contribution in [0.2, 0.25) is 0 Å². The van der Waals surface area contributed by atoms with Crippen LogP contribution in [-0.4, -0.2) is 24.9 Å². The maximum absolute atomic E-state index is 12.8. The van der Waals surface area contributed by atoms with Crippen LogP contribution in [-0.2, 0) is 26.6 Å². The highest BCUT2D eigenvalue weighted by atomic mass is 19.4. The van der Waals surface area contributed by atoms with Crippen molar-refractivity contribution in [3.8, 4) is 0 Å². The zero-order valence-corrected chi connectivity index (χ0v) is 16.1. The standard InChI is InChI=1S/C20H19F3N4O3/c1-25-17-16(26(12-24-17)11-20(21,22)23)18(28)27(19(25)29)9-5-4-7-14-10-13-6-2-3-8-15(13)30-14/h2-3,6,8,10,12H,4-5,7,9,11H2,1H3. The van der Waals surface area contributed by atoms with Crippen LogP contribution < -0.4 is 11.2 Å². The van der Waals surface area contributed by atoms with E-state index >= 15 is 0 Å². The van der Waals surface area contributed by atoms with Gasteiger partial charge in [0.15, 0.2) is 11.2 Å². The van der Waals surface area contributed by atoms with Gasteiger partial charge in [-0.15, -0.1) is 0 Å². The number of unbranched alkanes of at least 4 members (excludes halogenated alkanes) is 1. The molecule has 0 radical (unpaired) electrons. The Labute approximate surface area is 168 Å². The third-order valence-electron chi connectivity index (χ3n) is 4.98. The number of hydrogen-bond donors (Lipinski definition) is 0. The van der Waals surface area contributed by atoms with Crippen molar-refractivity contribution in [1.82, 2.24) is 18.7 Å². The Bertz CT molecular complexity index is 1290. The van der Waals surface area contributed by atoms with Crippen LogP contribution in [0, 0.1) is 0 Å². The van der Waals surface area contributed by atoms with Gasteiger partial charge in [0, 0.05) is 25.4 Å². The fraction of sp³-hybridized carbons (Fsp3) is 0.350. The summed E-state index contributed by atoms with van der Waals surface area (Å²) in [5, 5.41) is 1.00. The molecule has 0 atom stereocenters. The van der Waals surface area contributed by atoms with Gasteiger partial charge in [-0.1, -0.05) is 18.2 Å². The monoisotopic (exact) mass is 420 g/mol. The zero-order chi connectivity index (χ0) is 21.5. The minimum Gasteiger partial charge on any atom is -0.461 e. The molecule has 0 aliphatic rings. The Morgan fingerprint density at radius 2 is 1.90 bits per heavy atom. The first-order chi connectivity index (χ1) is 14.2. The van der Waals surface area contributed by atoms with Gasteiger partial charge in [-0.2, -0.15) is 13.2 Å². The van der Waals surface area contributed by atoms with Crippen LogP contribution in [0.4, 0.5) is 13.2 Å². The van der Waals surface area contributed by atoms with Crippen LogP contribution >= 0.6 is 0 Å². The summed E-state index contributed by atoms with van der Waals surface area (Å²) in [6.45, 7) is -1.25. The SMILES string of the molecule is Cn1c(=O)n(CCCCc2cc3ccccc3o2)c(=O)c2c1ncn2CC(F)(F)F. The van der Waals surface area contributed by atoms with Crippen molar-refractivity contribution < 1.29 is 17.6 Å². The number of aromatic nitrogens is 4. The fourth-order valence-electron chi connectivity index (χ4n) is 3.56. The first-order valence-electron chi connectivity index (χ1n) is 9.43. The number of imidazole rings is 1. The highest BCUT2D eigenvalue weighted by Gasteiger charge is 2.30. The van der Waals surface area contributed by atoms with E-state index in [9.17, 15) is 22.8 Å². The maximum atomic E-state index is 12.8. The fourth-order valence-corrected chi connectivity index (χ4v) is 3.56.